The van der Waals surface area contributed by atoms with Gasteiger partial charge in [-0.1, -0.05) is 121 Å². The standard InChI is InChI=1S/C44H28N2O/c1-2-11-32(12-3-1)46-40-19-10-16-34(42(40)43-37-15-6-9-20-41(37)47-44(43)46)31-23-21-29(22-24-31)30-25-27-33(28-26-30)45-38-17-7-4-13-35(38)36-14-5-8-18-39(36)45/h1-28H. The molecule has 0 fully saturated rings. The molecule has 10 rings (SSSR count). The molecule has 0 amide bonds. The van der Waals surface area contributed by atoms with Crippen LogP contribution < -0.4 is 0 Å². The molecule has 3 aromatic heterocycles. The van der Waals surface area contributed by atoms with E-state index in [-0.39, 0.29) is 0 Å². The number of fused-ring (bicyclic) bond motifs is 8. The number of aromatic nitrogens is 2. The maximum atomic E-state index is 6.54. The van der Waals surface area contributed by atoms with Gasteiger partial charge >= 0.3 is 0 Å². The Balaban J connectivity index is 1.08. The van der Waals surface area contributed by atoms with E-state index in [2.05, 4.69) is 173 Å². The molecular formula is C44H28N2O. The van der Waals surface area contributed by atoms with Gasteiger partial charge in [0.2, 0.25) is 5.71 Å². The number of hydrogen-bond acceptors (Lipinski definition) is 1. The van der Waals surface area contributed by atoms with Crippen molar-refractivity contribution in [1.29, 1.82) is 0 Å². The number of hydrogen-bond donors (Lipinski definition) is 0. The Kier molecular flexibility index (Phi) is 5.57. The van der Waals surface area contributed by atoms with Crippen LogP contribution in [0.4, 0.5) is 0 Å². The van der Waals surface area contributed by atoms with Crippen LogP contribution in [0.3, 0.4) is 0 Å². The minimum absolute atomic E-state index is 0.875. The van der Waals surface area contributed by atoms with E-state index in [1.54, 1.807) is 0 Å². The Labute approximate surface area is 271 Å². The van der Waals surface area contributed by atoms with Crippen molar-refractivity contribution < 1.29 is 4.42 Å². The van der Waals surface area contributed by atoms with E-state index in [0.717, 1.165) is 39.0 Å². The summed E-state index contributed by atoms with van der Waals surface area (Å²) in [4.78, 5) is 0. The van der Waals surface area contributed by atoms with E-state index in [9.17, 15) is 0 Å². The molecule has 10 aromatic rings. The zero-order valence-electron chi connectivity index (χ0n) is 25.5. The highest BCUT2D eigenvalue weighted by molar-refractivity contribution is 6.24. The fourth-order valence-corrected chi connectivity index (χ4v) is 7.45. The van der Waals surface area contributed by atoms with Crippen molar-refractivity contribution in [3.05, 3.63) is 170 Å². The topological polar surface area (TPSA) is 23.0 Å². The minimum atomic E-state index is 0.875. The zero-order chi connectivity index (χ0) is 30.9. The molecule has 0 saturated carbocycles. The molecular weight excluding hydrogens is 572 g/mol. The van der Waals surface area contributed by atoms with Gasteiger partial charge in [-0.2, -0.15) is 0 Å². The van der Waals surface area contributed by atoms with Crippen LogP contribution in [0.2, 0.25) is 0 Å². The van der Waals surface area contributed by atoms with Crippen LogP contribution in [-0.4, -0.2) is 9.13 Å². The average Bonchev–Trinajstić information content (AvgIpc) is 3.79. The molecule has 0 atom stereocenters. The first-order chi connectivity index (χ1) is 23.3. The summed E-state index contributed by atoms with van der Waals surface area (Å²) in [5.74, 6) is 0. The van der Waals surface area contributed by atoms with Crippen LogP contribution in [0.25, 0.3) is 88.4 Å². The quantitative estimate of drug-likeness (QED) is 0.197. The van der Waals surface area contributed by atoms with Crippen LogP contribution in [-0.2, 0) is 0 Å². The van der Waals surface area contributed by atoms with Crippen LogP contribution in [0.5, 0.6) is 0 Å². The Morgan fingerprint density at radius 3 is 1.57 bits per heavy atom. The first-order valence-corrected chi connectivity index (χ1v) is 16.0. The van der Waals surface area contributed by atoms with Gasteiger partial charge in [-0.3, -0.25) is 4.57 Å². The van der Waals surface area contributed by atoms with E-state index in [1.807, 2.05) is 6.07 Å². The molecule has 0 aliphatic rings. The van der Waals surface area contributed by atoms with E-state index < -0.39 is 0 Å². The summed E-state index contributed by atoms with van der Waals surface area (Å²) in [6.07, 6.45) is 0. The van der Waals surface area contributed by atoms with E-state index >= 15 is 0 Å². The van der Waals surface area contributed by atoms with Crippen molar-refractivity contribution in [3.8, 4) is 33.6 Å². The number of benzene rings is 7. The summed E-state index contributed by atoms with van der Waals surface area (Å²) in [5, 5.41) is 6.05. The maximum absolute atomic E-state index is 6.54. The Hall–Kier alpha value is -6.32. The molecule has 0 N–H and O–H groups in total. The Bertz CT molecular complexity index is 2710. The lowest BCUT2D eigenvalue weighted by Crippen LogP contribution is -1.93. The maximum Gasteiger partial charge on any atom is 0.213 e. The lowest BCUT2D eigenvalue weighted by molar-refractivity contribution is 0.645. The molecule has 0 saturated heterocycles. The second-order valence-electron chi connectivity index (χ2n) is 12.1. The fraction of sp³-hybridized carbons (Fsp3) is 0. The predicted octanol–water partition coefficient (Wildman–Crippen LogP) is 12.0. The summed E-state index contributed by atoms with van der Waals surface area (Å²) < 4.78 is 11.1. The summed E-state index contributed by atoms with van der Waals surface area (Å²) in [6, 6.07) is 60.6. The molecule has 0 aliphatic heterocycles. The number of para-hydroxylation sites is 4. The first-order valence-electron chi connectivity index (χ1n) is 16.0. The highest BCUT2D eigenvalue weighted by atomic mass is 16.3. The predicted molar refractivity (Wildman–Crippen MR) is 196 cm³/mol. The van der Waals surface area contributed by atoms with Gasteiger partial charge in [-0.25, -0.2) is 0 Å². The number of furan rings is 1. The molecule has 0 radical (unpaired) electrons. The second-order valence-corrected chi connectivity index (χ2v) is 12.1. The van der Waals surface area contributed by atoms with Crippen molar-refractivity contribution in [3.63, 3.8) is 0 Å². The SMILES string of the molecule is c1ccc(-n2c3cccc(-c4ccc(-c5ccc(-n6c7ccccc7c7ccccc76)cc5)cc4)c3c3c4ccccc4oc32)cc1. The first kappa shape index (κ1) is 26.0. The van der Waals surface area contributed by atoms with Crippen molar-refractivity contribution in [1.82, 2.24) is 9.13 Å². The zero-order valence-corrected chi connectivity index (χ0v) is 25.5. The van der Waals surface area contributed by atoms with E-state index in [4.69, 9.17) is 4.42 Å². The van der Waals surface area contributed by atoms with E-state index in [0.29, 0.717) is 0 Å². The van der Waals surface area contributed by atoms with Crippen molar-refractivity contribution in [2.45, 2.75) is 0 Å². The molecule has 47 heavy (non-hydrogen) atoms. The summed E-state index contributed by atoms with van der Waals surface area (Å²) in [7, 11) is 0. The molecule has 220 valence electrons. The lowest BCUT2D eigenvalue weighted by Gasteiger charge is -2.11. The van der Waals surface area contributed by atoms with Crippen LogP contribution in [0, 0.1) is 0 Å². The third-order valence-corrected chi connectivity index (χ3v) is 9.56. The normalized spacial score (nSPS) is 11.8. The molecule has 3 heteroatoms. The highest BCUT2D eigenvalue weighted by Gasteiger charge is 2.22. The van der Waals surface area contributed by atoms with Crippen LogP contribution in [0.15, 0.2) is 174 Å². The molecule has 0 bridgehead atoms. The highest BCUT2D eigenvalue weighted by Crippen LogP contribution is 2.43. The van der Waals surface area contributed by atoms with Gasteiger partial charge in [0.25, 0.3) is 0 Å². The average molecular weight is 601 g/mol. The van der Waals surface area contributed by atoms with Gasteiger partial charge in [0.15, 0.2) is 0 Å². The van der Waals surface area contributed by atoms with Gasteiger partial charge < -0.3 is 8.98 Å². The smallest absolute Gasteiger partial charge is 0.213 e. The Morgan fingerprint density at radius 1 is 0.340 bits per heavy atom. The second kappa shape index (κ2) is 10.1. The van der Waals surface area contributed by atoms with Crippen molar-refractivity contribution >= 4 is 54.8 Å². The number of rotatable bonds is 4. The van der Waals surface area contributed by atoms with Gasteiger partial charge in [0.05, 0.1) is 21.9 Å². The Morgan fingerprint density at radius 2 is 0.872 bits per heavy atom. The summed E-state index contributed by atoms with van der Waals surface area (Å²) in [5.41, 5.74) is 12.4. The van der Waals surface area contributed by atoms with Crippen LogP contribution >= 0.6 is 0 Å². The minimum Gasteiger partial charge on any atom is -0.439 e. The lowest BCUT2D eigenvalue weighted by atomic mass is 9.96. The van der Waals surface area contributed by atoms with Crippen LogP contribution in [0.1, 0.15) is 0 Å². The van der Waals surface area contributed by atoms with Gasteiger partial charge in [-0.05, 0) is 70.8 Å². The number of nitrogens with zero attached hydrogens (tertiary/aromatic N) is 2. The summed E-state index contributed by atoms with van der Waals surface area (Å²) in [6.45, 7) is 0. The summed E-state index contributed by atoms with van der Waals surface area (Å²) >= 11 is 0. The fourth-order valence-electron chi connectivity index (χ4n) is 7.45. The molecule has 3 nitrogen and oxygen atoms in total. The molecule has 0 spiro atoms. The third kappa shape index (κ3) is 3.87. The van der Waals surface area contributed by atoms with Crippen molar-refractivity contribution in [2.24, 2.45) is 0 Å². The van der Waals surface area contributed by atoms with Crippen molar-refractivity contribution in [2.75, 3.05) is 0 Å². The van der Waals surface area contributed by atoms with Gasteiger partial charge in [0, 0.05) is 32.9 Å². The van der Waals surface area contributed by atoms with Gasteiger partial charge in [-0.15, -0.1) is 0 Å². The largest absolute Gasteiger partial charge is 0.439 e. The van der Waals surface area contributed by atoms with Gasteiger partial charge in [0.1, 0.15) is 5.58 Å². The molecule has 7 aromatic carbocycles. The molecule has 3 heterocycles. The third-order valence-electron chi connectivity index (χ3n) is 9.56. The van der Waals surface area contributed by atoms with E-state index in [1.165, 1.54) is 49.4 Å². The monoisotopic (exact) mass is 600 g/mol. The molecule has 0 unspecified atom stereocenters. The molecule has 0 aliphatic carbocycles.